The number of aryl methyl sites for hydroxylation is 2. The molecular formula is C17H26N2O3. The number of rotatable bonds is 6. The van der Waals surface area contributed by atoms with Gasteiger partial charge in [0.1, 0.15) is 0 Å². The van der Waals surface area contributed by atoms with E-state index in [1.807, 2.05) is 45.9 Å². The van der Waals surface area contributed by atoms with E-state index >= 15 is 0 Å². The zero-order valence-electron chi connectivity index (χ0n) is 14.0. The number of para-hydroxylation sites is 1. The van der Waals surface area contributed by atoms with Crippen molar-refractivity contribution in [2.24, 2.45) is 5.92 Å². The van der Waals surface area contributed by atoms with Crippen LogP contribution in [0.2, 0.25) is 0 Å². The van der Waals surface area contributed by atoms with Crippen molar-refractivity contribution < 1.29 is 14.7 Å². The Labute approximate surface area is 132 Å². The zero-order valence-corrected chi connectivity index (χ0v) is 14.0. The Bertz CT molecular complexity index is 520. The first-order valence-corrected chi connectivity index (χ1v) is 7.50. The topological polar surface area (TPSA) is 69.6 Å². The fourth-order valence-electron chi connectivity index (χ4n) is 2.06. The van der Waals surface area contributed by atoms with E-state index in [4.69, 9.17) is 0 Å². The lowest BCUT2D eigenvalue weighted by atomic mass is 10.0. The summed E-state index contributed by atoms with van der Waals surface area (Å²) in [4.78, 5) is 25.4. The van der Waals surface area contributed by atoms with Gasteiger partial charge in [0, 0.05) is 12.7 Å². The molecule has 0 aliphatic rings. The average molecular weight is 306 g/mol. The fraction of sp³-hybridized carbons (Fsp3) is 0.529. The van der Waals surface area contributed by atoms with E-state index in [0.717, 1.165) is 16.8 Å². The van der Waals surface area contributed by atoms with Crippen molar-refractivity contribution in [3.05, 3.63) is 29.3 Å². The molecule has 0 aromatic heterocycles. The van der Waals surface area contributed by atoms with Crippen LogP contribution in [0.15, 0.2) is 18.2 Å². The SMILES string of the molecule is Cc1cccc(C)c1NC(=O)CN(C)C(=O)CC(O)C(C)C. The highest BCUT2D eigenvalue weighted by atomic mass is 16.3. The summed E-state index contributed by atoms with van der Waals surface area (Å²) in [5.74, 6) is -0.467. The molecule has 5 nitrogen and oxygen atoms in total. The molecule has 5 heteroatoms. The van der Waals surface area contributed by atoms with Crippen molar-refractivity contribution in [1.82, 2.24) is 4.90 Å². The molecule has 0 aliphatic carbocycles. The van der Waals surface area contributed by atoms with Crippen LogP contribution in [0.4, 0.5) is 5.69 Å². The number of likely N-dealkylation sites (N-methyl/N-ethyl adjacent to an activating group) is 1. The monoisotopic (exact) mass is 306 g/mol. The van der Waals surface area contributed by atoms with E-state index in [0.29, 0.717) is 0 Å². The molecule has 0 saturated heterocycles. The first-order chi connectivity index (χ1) is 10.2. The Hall–Kier alpha value is -1.88. The van der Waals surface area contributed by atoms with Crippen molar-refractivity contribution in [2.75, 3.05) is 18.9 Å². The number of hydrogen-bond acceptors (Lipinski definition) is 3. The maximum atomic E-state index is 12.1. The Morgan fingerprint density at radius 1 is 1.23 bits per heavy atom. The van der Waals surface area contributed by atoms with Crippen molar-refractivity contribution in [3.63, 3.8) is 0 Å². The molecule has 122 valence electrons. The largest absolute Gasteiger partial charge is 0.392 e. The predicted molar refractivity (Wildman–Crippen MR) is 87.6 cm³/mol. The van der Waals surface area contributed by atoms with Gasteiger partial charge in [-0.1, -0.05) is 32.0 Å². The lowest BCUT2D eigenvalue weighted by Crippen LogP contribution is -2.37. The number of anilines is 1. The van der Waals surface area contributed by atoms with Crippen LogP contribution in [0.25, 0.3) is 0 Å². The second-order valence-corrected chi connectivity index (χ2v) is 6.08. The molecule has 2 amide bonds. The van der Waals surface area contributed by atoms with Gasteiger partial charge in [0.25, 0.3) is 0 Å². The van der Waals surface area contributed by atoms with E-state index in [2.05, 4.69) is 5.32 Å². The van der Waals surface area contributed by atoms with Gasteiger partial charge in [-0.25, -0.2) is 0 Å². The van der Waals surface area contributed by atoms with Gasteiger partial charge in [-0.15, -0.1) is 0 Å². The summed E-state index contributed by atoms with van der Waals surface area (Å²) >= 11 is 0. The van der Waals surface area contributed by atoms with Crippen LogP contribution in [0.1, 0.15) is 31.4 Å². The first-order valence-electron chi connectivity index (χ1n) is 7.50. The van der Waals surface area contributed by atoms with E-state index in [9.17, 15) is 14.7 Å². The smallest absolute Gasteiger partial charge is 0.243 e. The lowest BCUT2D eigenvalue weighted by molar-refractivity contribution is -0.135. The number of nitrogens with zero attached hydrogens (tertiary/aromatic N) is 1. The fourth-order valence-corrected chi connectivity index (χ4v) is 2.06. The summed E-state index contributed by atoms with van der Waals surface area (Å²) in [6.45, 7) is 7.53. The molecule has 0 bridgehead atoms. The van der Waals surface area contributed by atoms with E-state index in [1.165, 1.54) is 4.90 Å². The summed E-state index contributed by atoms with van der Waals surface area (Å²) in [6.07, 6.45) is -0.651. The van der Waals surface area contributed by atoms with Crippen LogP contribution in [0, 0.1) is 19.8 Å². The second-order valence-electron chi connectivity index (χ2n) is 6.08. The third kappa shape index (κ3) is 5.15. The maximum absolute atomic E-state index is 12.1. The zero-order chi connectivity index (χ0) is 16.9. The summed E-state index contributed by atoms with van der Waals surface area (Å²) in [7, 11) is 1.57. The van der Waals surface area contributed by atoms with Crippen LogP contribution in [-0.4, -0.2) is 41.5 Å². The summed E-state index contributed by atoms with van der Waals surface area (Å²) in [5.41, 5.74) is 2.76. The molecule has 0 heterocycles. The Balaban J connectivity index is 2.59. The summed E-state index contributed by atoms with van der Waals surface area (Å²) < 4.78 is 0. The van der Waals surface area contributed by atoms with Gasteiger partial charge in [0.05, 0.1) is 19.1 Å². The van der Waals surface area contributed by atoms with E-state index in [1.54, 1.807) is 7.05 Å². The normalized spacial score (nSPS) is 12.1. The molecule has 0 aliphatic heterocycles. The number of carbonyl (C=O) groups is 2. The van der Waals surface area contributed by atoms with Crippen molar-refractivity contribution in [2.45, 2.75) is 40.2 Å². The number of benzene rings is 1. The number of aliphatic hydroxyl groups excluding tert-OH is 1. The van der Waals surface area contributed by atoms with Crippen LogP contribution in [-0.2, 0) is 9.59 Å². The Kier molecular flexibility index (Phi) is 6.56. The van der Waals surface area contributed by atoms with Crippen LogP contribution in [0.3, 0.4) is 0 Å². The van der Waals surface area contributed by atoms with Crippen molar-refractivity contribution >= 4 is 17.5 Å². The molecule has 1 rings (SSSR count). The van der Waals surface area contributed by atoms with Gasteiger partial charge >= 0.3 is 0 Å². The number of carbonyl (C=O) groups excluding carboxylic acids is 2. The number of hydrogen-bond donors (Lipinski definition) is 2. The second kappa shape index (κ2) is 7.94. The third-order valence-corrected chi connectivity index (χ3v) is 3.71. The van der Waals surface area contributed by atoms with Crippen LogP contribution < -0.4 is 5.32 Å². The van der Waals surface area contributed by atoms with E-state index < -0.39 is 6.10 Å². The quantitative estimate of drug-likeness (QED) is 0.845. The van der Waals surface area contributed by atoms with Gasteiger partial charge in [-0.3, -0.25) is 9.59 Å². The number of amides is 2. The molecular weight excluding hydrogens is 280 g/mol. The molecule has 0 radical (unpaired) electrons. The lowest BCUT2D eigenvalue weighted by Gasteiger charge is -2.21. The first kappa shape index (κ1) is 18.2. The Morgan fingerprint density at radius 2 is 1.77 bits per heavy atom. The minimum Gasteiger partial charge on any atom is -0.392 e. The Morgan fingerprint density at radius 3 is 2.27 bits per heavy atom. The predicted octanol–water partition coefficient (Wildman–Crippen LogP) is 2.11. The molecule has 1 aromatic carbocycles. The van der Waals surface area contributed by atoms with Crippen LogP contribution in [0.5, 0.6) is 0 Å². The minimum atomic E-state index is -0.684. The van der Waals surface area contributed by atoms with Gasteiger partial charge < -0.3 is 15.3 Å². The third-order valence-electron chi connectivity index (χ3n) is 3.71. The molecule has 1 aromatic rings. The highest BCUT2D eigenvalue weighted by Crippen LogP contribution is 2.19. The molecule has 22 heavy (non-hydrogen) atoms. The number of aliphatic hydroxyl groups is 1. The van der Waals surface area contributed by atoms with E-state index in [-0.39, 0.29) is 30.7 Å². The van der Waals surface area contributed by atoms with Gasteiger partial charge in [0.2, 0.25) is 11.8 Å². The van der Waals surface area contributed by atoms with Gasteiger partial charge in [-0.2, -0.15) is 0 Å². The molecule has 1 unspecified atom stereocenters. The average Bonchev–Trinajstić information content (AvgIpc) is 2.42. The summed E-state index contributed by atoms with van der Waals surface area (Å²) in [6, 6.07) is 5.79. The highest BCUT2D eigenvalue weighted by Gasteiger charge is 2.19. The standard InChI is InChI=1S/C17H26N2O3/c1-11(2)14(20)9-16(22)19(5)10-15(21)18-17-12(3)7-6-8-13(17)4/h6-8,11,14,20H,9-10H2,1-5H3,(H,18,21). The molecule has 0 saturated carbocycles. The number of nitrogens with one attached hydrogen (secondary N) is 1. The summed E-state index contributed by atoms with van der Waals surface area (Å²) in [5, 5.41) is 12.6. The highest BCUT2D eigenvalue weighted by molar-refractivity contribution is 5.95. The molecule has 0 spiro atoms. The molecule has 0 fully saturated rings. The van der Waals surface area contributed by atoms with Crippen molar-refractivity contribution in [3.8, 4) is 0 Å². The van der Waals surface area contributed by atoms with Gasteiger partial charge in [-0.05, 0) is 30.9 Å². The minimum absolute atomic E-state index is 0.0146. The van der Waals surface area contributed by atoms with Crippen molar-refractivity contribution in [1.29, 1.82) is 0 Å². The molecule has 1 atom stereocenters. The maximum Gasteiger partial charge on any atom is 0.243 e. The van der Waals surface area contributed by atoms with Crippen LogP contribution >= 0.6 is 0 Å². The molecule has 2 N–H and O–H groups in total. The van der Waals surface area contributed by atoms with Gasteiger partial charge in [0.15, 0.2) is 0 Å².